The van der Waals surface area contributed by atoms with E-state index in [9.17, 15) is 9.59 Å². The van der Waals surface area contributed by atoms with E-state index in [1.165, 1.54) is 0 Å². The molecule has 0 unspecified atom stereocenters. The third kappa shape index (κ3) is 3.48. The first-order valence-electron chi connectivity index (χ1n) is 10.5. The number of carbonyl (C=O) groups is 1. The van der Waals surface area contributed by atoms with Crippen molar-refractivity contribution in [3.8, 4) is 5.69 Å². The highest BCUT2D eigenvalue weighted by Crippen LogP contribution is 2.41. The van der Waals surface area contributed by atoms with Gasteiger partial charge < -0.3 is 14.4 Å². The first-order valence-corrected chi connectivity index (χ1v) is 10.5. The van der Waals surface area contributed by atoms with Crippen molar-refractivity contribution in [1.29, 1.82) is 0 Å². The summed E-state index contributed by atoms with van der Waals surface area (Å²) in [6.07, 6.45) is 1.76. The van der Waals surface area contributed by atoms with Gasteiger partial charge >= 0.3 is 0 Å². The van der Waals surface area contributed by atoms with E-state index < -0.39 is 0 Å². The third-order valence-electron chi connectivity index (χ3n) is 6.57. The van der Waals surface area contributed by atoms with Crippen LogP contribution < -0.4 is 5.56 Å². The fourth-order valence-corrected chi connectivity index (χ4v) is 4.76. The summed E-state index contributed by atoms with van der Waals surface area (Å²) >= 11 is 0. The van der Waals surface area contributed by atoms with Crippen LogP contribution in [-0.2, 0) is 9.47 Å². The lowest BCUT2D eigenvalue weighted by Gasteiger charge is -2.26. The van der Waals surface area contributed by atoms with Gasteiger partial charge in [-0.05, 0) is 42.2 Å². The molecule has 1 aromatic heterocycles. The molecule has 2 atom stereocenters. The van der Waals surface area contributed by atoms with Crippen LogP contribution in [0.5, 0.6) is 0 Å². The van der Waals surface area contributed by atoms with Crippen LogP contribution in [0, 0.1) is 18.3 Å². The van der Waals surface area contributed by atoms with E-state index in [1.54, 1.807) is 17.9 Å². The van der Waals surface area contributed by atoms with Gasteiger partial charge in [0.1, 0.15) is 5.56 Å². The fraction of sp³-hybridized carbons (Fsp3) is 0.500. The van der Waals surface area contributed by atoms with Gasteiger partial charge in [0, 0.05) is 43.4 Å². The normalized spacial score (nSPS) is 23.2. The van der Waals surface area contributed by atoms with Crippen LogP contribution in [0.4, 0.5) is 0 Å². The lowest BCUT2D eigenvalue weighted by molar-refractivity contribution is 0.0488. The molecule has 2 fully saturated rings. The largest absolute Gasteiger partial charge is 0.384 e. The topological polar surface area (TPSA) is 60.8 Å². The second-order valence-electron chi connectivity index (χ2n) is 8.99. The summed E-state index contributed by atoms with van der Waals surface area (Å²) in [5, 5.41) is 0. The van der Waals surface area contributed by atoms with Crippen LogP contribution in [0.25, 0.3) is 5.69 Å². The van der Waals surface area contributed by atoms with Crippen molar-refractivity contribution < 1.29 is 14.3 Å². The molecule has 2 aliphatic rings. The Morgan fingerprint density at radius 3 is 2.87 bits per heavy atom. The standard InChI is InChI=1S/C24H30N2O4/c1-16(2)18-6-5-7-20(10-18)26-9-8-17(3)21(23(26)28)22(27)25-11-19-12-30-15-24(19,13-25)14-29-4/h5-10,16,19H,11-15H2,1-4H3/t19-,24-/m0/s1. The molecule has 0 saturated carbocycles. The molecule has 2 aliphatic heterocycles. The van der Waals surface area contributed by atoms with Crippen molar-refractivity contribution in [2.75, 3.05) is 40.0 Å². The lowest BCUT2D eigenvalue weighted by Crippen LogP contribution is -2.39. The molecule has 160 valence electrons. The van der Waals surface area contributed by atoms with Crippen LogP contribution in [0.2, 0.25) is 0 Å². The number of methoxy groups -OCH3 is 1. The molecule has 3 heterocycles. The molecule has 0 aliphatic carbocycles. The maximum Gasteiger partial charge on any atom is 0.268 e. The molecule has 0 radical (unpaired) electrons. The number of nitrogens with zero attached hydrogens (tertiary/aromatic N) is 2. The predicted molar refractivity (Wildman–Crippen MR) is 115 cm³/mol. The van der Waals surface area contributed by atoms with Crippen LogP contribution in [0.3, 0.4) is 0 Å². The monoisotopic (exact) mass is 410 g/mol. The highest BCUT2D eigenvalue weighted by atomic mass is 16.5. The van der Waals surface area contributed by atoms with Gasteiger partial charge in [0.05, 0.1) is 19.8 Å². The minimum Gasteiger partial charge on any atom is -0.384 e. The number of ether oxygens (including phenoxy) is 2. The van der Waals surface area contributed by atoms with Crippen LogP contribution in [0.1, 0.15) is 41.3 Å². The second kappa shape index (κ2) is 8.00. The van der Waals surface area contributed by atoms with Gasteiger partial charge in [0.2, 0.25) is 0 Å². The van der Waals surface area contributed by atoms with Crippen molar-refractivity contribution in [2.24, 2.45) is 11.3 Å². The Morgan fingerprint density at radius 2 is 2.13 bits per heavy atom. The number of amides is 1. The molecule has 4 rings (SSSR count). The minimum atomic E-state index is -0.269. The van der Waals surface area contributed by atoms with Crippen molar-refractivity contribution >= 4 is 5.91 Å². The highest BCUT2D eigenvalue weighted by molar-refractivity contribution is 5.95. The molecule has 2 saturated heterocycles. The summed E-state index contributed by atoms with van der Waals surface area (Å²) in [6, 6.07) is 9.78. The van der Waals surface area contributed by atoms with Crippen LogP contribution in [-0.4, -0.2) is 55.4 Å². The number of aryl methyl sites for hydroxylation is 1. The molecule has 0 spiro atoms. The molecule has 0 bridgehead atoms. The first kappa shape index (κ1) is 20.8. The SMILES string of the molecule is COC[C@@]12COC[C@@H]1CN(C(=O)c1c(C)ccn(-c3cccc(C(C)C)c3)c1=O)C2. The third-order valence-corrected chi connectivity index (χ3v) is 6.57. The van der Waals surface area contributed by atoms with Gasteiger partial charge in [-0.2, -0.15) is 0 Å². The Bertz CT molecular complexity index is 1010. The Morgan fingerprint density at radius 1 is 1.33 bits per heavy atom. The van der Waals surface area contributed by atoms with Crippen molar-refractivity contribution in [3.63, 3.8) is 0 Å². The summed E-state index contributed by atoms with van der Waals surface area (Å²) in [7, 11) is 1.68. The average Bonchev–Trinajstić information content (AvgIpc) is 3.25. The summed E-state index contributed by atoms with van der Waals surface area (Å²) in [5.41, 5.74) is 2.45. The fourth-order valence-electron chi connectivity index (χ4n) is 4.76. The molecule has 6 nitrogen and oxygen atoms in total. The molecule has 30 heavy (non-hydrogen) atoms. The zero-order valence-electron chi connectivity index (χ0n) is 18.2. The maximum atomic E-state index is 13.5. The van der Waals surface area contributed by atoms with E-state index in [1.807, 2.05) is 36.1 Å². The van der Waals surface area contributed by atoms with Crippen molar-refractivity contribution in [3.05, 3.63) is 63.6 Å². The van der Waals surface area contributed by atoms with Gasteiger partial charge in [-0.15, -0.1) is 0 Å². The number of benzene rings is 1. The van der Waals surface area contributed by atoms with E-state index in [0.717, 1.165) is 11.3 Å². The van der Waals surface area contributed by atoms with Crippen molar-refractivity contribution in [1.82, 2.24) is 9.47 Å². The van der Waals surface area contributed by atoms with Crippen LogP contribution in [0.15, 0.2) is 41.3 Å². The molecule has 0 N–H and O–H groups in total. The van der Waals surface area contributed by atoms with Gasteiger partial charge in [-0.25, -0.2) is 0 Å². The van der Waals surface area contributed by atoms with E-state index in [-0.39, 0.29) is 28.4 Å². The van der Waals surface area contributed by atoms with Gasteiger partial charge in [0.15, 0.2) is 0 Å². The molecular formula is C24H30N2O4. The highest BCUT2D eigenvalue weighted by Gasteiger charge is 2.52. The number of pyridine rings is 1. The summed E-state index contributed by atoms with van der Waals surface area (Å²) in [5.74, 6) is 0.405. The number of hydrogen-bond donors (Lipinski definition) is 0. The summed E-state index contributed by atoms with van der Waals surface area (Å²) < 4.78 is 12.7. The van der Waals surface area contributed by atoms with E-state index >= 15 is 0 Å². The quantitative estimate of drug-likeness (QED) is 0.760. The molecule has 2 aromatic rings. The van der Waals surface area contributed by atoms with E-state index in [0.29, 0.717) is 44.4 Å². The van der Waals surface area contributed by atoms with Gasteiger partial charge in [0.25, 0.3) is 11.5 Å². The summed E-state index contributed by atoms with van der Waals surface area (Å²) in [6.45, 7) is 9.00. The number of aromatic nitrogens is 1. The minimum absolute atomic E-state index is 0.169. The number of fused-ring (bicyclic) bond motifs is 1. The second-order valence-corrected chi connectivity index (χ2v) is 8.99. The Balaban J connectivity index is 1.69. The maximum absolute atomic E-state index is 13.5. The Labute approximate surface area is 177 Å². The van der Waals surface area contributed by atoms with E-state index in [4.69, 9.17) is 9.47 Å². The zero-order chi connectivity index (χ0) is 21.5. The zero-order valence-corrected chi connectivity index (χ0v) is 18.2. The van der Waals surface area contributed by atoms with E-state index in [2.05, 4.69) is 19.9 Å². The van der Waals surface area contributed by atoms with Gasteiger partial charge in [-0.1, -0.05) is 26.0 Å². The number of hydrogen-bond acceptors (Lipinski definition) is 4. The van der Waals surface area contributed by atoms with Crippen molar-refractivity contribution in [2.45, 2.75) is 26.7 Å². The average molecular weight is 411 g/mol. The van der Waals surface area contributed by atoms with Gasteiger partial charge in [-0.3, -0.25) is 14.2 Å². The number of carbonyl (C=O) groups excluding carboxylic acids is 1. The Hall–Kier alpha value is -2.44. The molecular weight excluding hydrogens is 380 g/mol. The molecule has 1 amide bonds. The predicted octanol–water partition coefficient (Wildman–Crippen LogP) is 3.00. The Kier molecular flexibility index (Phi) is 5.55. The number of rotatable bonds is 5. The molecule has 6 heteroatoms. The van der Waals surface area contributed by atoms with Crippen LogP contribution >= 0.6 is 0 Å². The smallest absolute Gasteiger partial charge is 0.268 e. The number of likely N-dealkylation sites (tertiary alicyclic amines) is 1. The molecule has 1 aromatic carbocycles. The first-order chi connectivity index (χ1) is 14.4. The summed E-state index contributed by atoms with van der Waals surface area (Å²) in [4.78, 5) is 28.7. The lowest BCUT2D eigenvalue weighted by atomic mass is 9.82.